The van der Waals surface area contributed by atoms with Crippen LogP contribution in [0.1, 0.15) is 19.3 Å². The summed E-state index contributed by atoms with van der Waals surface area (Å²) in [6.45, 7) is 0. The van der Waals surface area contributed by atoms with Crippen molar-refractivity contribution in [3.8, 4) is 0 Å². The van der Waals surface area contributed by atoms with E-state index in [9.17, 15) is 14.0 Å². The number of rotatable bonds is 3. The van der Waals surface area contributed by atoms with Crippen molar-refractivity contribution in [3.05, 3.63) is 52.0 Å². The van der Waals surface area contributed by atoms with E-state index in [0.717, 1.165) is 16.7 Å². The number of anilines is 1. The molecule has 7 heteroatoms. The Balaban J connectivity index is 1.84. The number of amides is 1. The molecule has 0 aliphatic carbocycles. The van der Waals surface area contributed by atoms with Crippen molar-refractivity contribution in [1.29, 1.82) is 0 Å². The fraction of sp³-hybridized carbons (Fsp3) is 0. The quantitative estimate of drug-likeness (QED) is 0.764. The van der Waals surface area contributed by atoms with E-state index in [1.165, 1.54) is 29.5 Å². The lowest BCUT2D eigenvalue weighted by atomic mass is 10.2. The molecule has 2 N–H and O–H groups in total. The Morgan fingerprint density at radius 1 is 1.05 bits per heavy atom. The molecular formula is C14H8FNO3S2. The number of halogens is 1. The number of nitrogens with one attached hydrogen (secondary N) is 1. The molecule has 0 aliphatic rings. The molecule has 2 aromatic heterocycles. The number of carboxylic acid groups (broad SMARTS) is 1. The highest BCUT2D eigenvalue weighted by Gasteiger charge is 2.13. The molecule has 0 radical (unpaired) electrons. The van der Waals surface area contributed by atoms with E-state index in [-0.39, 0.29) is 16.6 Å². The molecule has 0 unspecified atom stereocenters. The number of carboxylic acids is 1. The number of hydrogen-bond acceptors (Lipinski definition) is 4. The smallest absolute Gasteiger partial charge is 0.345 e. The van der Waals surface area contributed by atoms with Crippen LogP contribution in [0.25, 0.3) is 10.1 Å². The summed E-state index contributed by atoms with van der Waals surface area (Å²) in [5.41, 5.74) is 0. The molecule has 21 heavy (non-hydrogen) atoms. The Morgan fingerprint density at radius 2 is 1.86 bits per heavy atom. The Morgan fingerprint density at radius 3 is 2.57 bits per heavy atom. The van der Waals surface area contributed by atoms with Gasteiger partial charge >= 0.3 is 5.97 Å². The summed E-state index contributed by atoms with van der Waals surface area (Å²) < 4.78 is 13.8. The highest BCUT2D eigenvalue weighted by Crippen LogP contribution is 2.28. The van der Waals surface area contributed by atoms with Crippen LogP contribution in [-0.4, -0.2) is 17.0 Å². The van der Waals surface area contributed by atoms with Crippen molar-refractivity contribution in [3.63, 3.8) is 0 Å². The molecule has 0 atom stereocenters. The van der Waals surface area contributed by atoms with Crippen molar-refractivity contribution < 1.29 is 19.1 Å². The van der Waals surface area contributed by atoms with Crippen molar-refractivity contribution in [2.75, 3.05) is 5.32 Å². The third-order valence-corrected chi connectivity index (χ3v) is 4.84. The van der Waals surface area contributed by atoms with E-state index in [4.69, 9.17) is 5.11 Å². The van der Waals surface area contributed by atoms with Gasteiger partial charge < -0.3 is 10.4 Å². The minimum Gasteiger partial charge on any atom is -0.477 e. The molecule has 2 heterocycles. The van der Waals surface area contributed by atoms with E-state index >= 15 is 0 Å². The van der Waals surface area contributed by atoms with Crippen LogP contribution in [0.15, 0.2) is 36.4 Å². The van der Waals surface area contributed by atoms with Crippen LogP contribution < -0.4 is 5.32 Å². The maximum absolute atomic E-state index is 13.1. The summed E-state index contributed by atoms with van der Waals surface area (Å²) >= 11 is 2.17. The molecule has 0 aliphatic heterocycles. The summed E-state index contributed by atoms with van der Waals surface area (Å²) in [6.07, 6.45) is 0. The number of hydrogen-bond donors (Lipinski definition) is 2. The van der Waals surface area contributed by atoms with E-state index < -0.39 is 5.97 Å². The summed E-state index contributed by atoms with van der Waals surface area (Å²) in [5.74, 6) is -1.71. The second-order valence-electron chi connectivity index (χ2n) is 4.22. The molecule has 4 nitrogen and oxygen atoms in total. The highest BCUT2D eigenvalue weighted by molar-refractivity contribution is 7.21. The Bertz CT molecular complexity index is 853. The van der Waals surface area contributed by atoms with Gasteiger partial charge in [-0.1, -0.05) is 6.07 Å². The van der Waals surface area contributed by atoms with E-state index in [2.05, 4.69) is 5.32 Å². The number of thiophene rings is 2. The van der Waals surface area contributed by atoms with Gasteiger partial charge in [0.25, 0.3) is 5.91 Å². The monoisotopic (exact) mass is 321 g/mol. The third kappa shape index (κ3) is 2.79. The van der Waals surface area contributed by atoms with Gasteiger partial charge in [0.1, 0.15) is 10.7 Å². The maximum Gasteiger partial charge on any atom is 0.345 e. The Kier molecular flexibility index (Phi) is 3.44. The fourth-order valence-corrected chi connectivity index (χ4v) is 3.53. The predicted octanol–water partition coefficient (Wildman–Crippen LogP) is 4.05. The first kappa shape index (κ1) is 13.7. The average molecular weight is 321 g/mol. The van der Waals surface area contributed by atoms with Crippen molar-refractivity contribution >= 4 is 49.6 Å². The SMILES string of the molecule is O=C(O)c1ccc(NC(=O)c2cc3ccc(F)cc3s2)s1. The second-order valence-corrected chi connectivity index (χ2v) is 6.38. The molecule has 106 valence electrons. The lowest BCUT2D eigenvalue weighted by Crippen LogP contribution is -2.08. The third-order valence-electron chi connectivity index (χ3n) is 2.76. The number of carbonyl (C=O) groups is 2. The summed E-state index contributed by atoms with van der Waals surface area (Å²) in [5, 5.41) is 12.7. The highest BCUT2D eigenvalue weighted by atomic mass is 32.1. The number of carbonyl (C=O) groups excluding carboxylic acids is 1. The molecular weight excluding hydrogens is 313 g/mol. The second kappa shape index (κ2) is 5.27. The number of fused-ring (bicyclic) bond motifs is 1. The lowest BCUT2D eigenvalue weighted by Gasteiger charge is -1.98. The zero-order chi connectivity index (χ0) is 15.0. The molecule has 0 fully saturated rings. The maximum atomic E-state index is 13.1. The average Bonchev–Trinajstić information content (AvgIpc) is 3.04. The van der Waals surface area contributed by atoms with Gasteiger partial charge in [0.2, 0.25) is 0 Å². The minimum atomic E-state index is -1.03. The van der Waals surface area contributed by atoms with Crippen LogP contribution in [0.5, 0.6) is 0 Å². The molecule has 1 amide bonds. The number of aromatic carboxylic acids is 1. The molecule has 0 spiro atoms. The van der Waals surface area contributed by atoms with Gasteiger partial charge in [0.15, 0.2) is 0 Å². The van der Waals surface area contributed by atoms with Gasteiger partial charge in [-0.25, -0.2) is 9.18 Å². The number of benzene rings is 1. The standard InChI is InChI=1S/C14H8FNO3S2/c15-8-2-1-7-5-11(20-10(7)6-8)13(17)16-12-4-3-9(21-12)14(18)19/h1-6H,(H,16,17)(H,18,19). The van der Waals surface area contributed by atoms with Crippen LogP contribution in [0, 0.1) is 5.82 Å². The molecule has 3 aromatic rings. The molecule has 3 rings (SSSR count). The first-order chi connectivity index (χ1) is 10.0. The Hall–Kier alpha value is -2.25. The van der Waals surface area contributed by atoms with E-state index in [1.807, 2.05) is 0 Å². The normalized spacial score (nSPS) is 10.7. The van der Waals surface area contributed by atoms with Crippen molar-refractivity contribution in [1.82, 2.24) is 0 Å². The van der Waals surface area contributed by atoms with Crippen molar-refractivity contribution in [2.45, 2.75) is 0 Å². The molecule has 1 aromatic carbocycles. The van der Waals surface area contributed by atoms with Crippen LogP contribution in [0.2, 0.25) is 0 Å². The fourth-order valence-electron chi connectivity index (χ4n) is 1.81. The predicted molar refractivity (Wildman–Crippen MR) is 81.0 cm³/mol. The zero-order valence-corrected chi connectivity index (χ0v) is 12.1. The summed E-state index contributed by atoms with van der Waals surface area (Å²) in [4.78, 5) is 23.5. The molecule has 0 saturated carbocycles. The van der Waals surface area contributed by atoms with Crippen LogP contribution in [0.3, 0.4) is 0 Å². The van der Waals surface area contributed by atoms with Gasteiger partial charge in [-0.05, 0) is 35.7 Å². The molecule has 0 bridgehead atoms. The van der Waals surface area contributed by atoms with E-state index in [1.54, 1.807) is 18.2 Å². The molecule has 0 saturated heterocycles. The van der Waals surface area contributed by atoms with Gasteiger partial charge in [0.05, 0.1) is 9.88 Å². The zero-order valence-electron chi connectivity index (χ0n) is 10.4. The van der Waals surface area contributed by atoms with Crippen LogP contribution >= 0.6 is 22.7 Å². The van der Waals surface area contributed by atoms with Crippen molar-refractivity contribution in [2.24, 2.45) is 0 Å². The van der Waals surface area contributed by atoms with Crippen LogP contribution in [0.4, 0.5) is 9.39 Å². The first-order valence-corrected chi connectivity index (χ1v) is 7.50. The van der Waals surface area contributed by atoms with Gasteiger partial charge in [-0.15, -0.1) is 22.7 Å². The van der Waals surface area contributed by atoms with Gasteiger partial charge in [-0.2, -0.15) is 0 Å². The van der Waals surface area contributed by atoms with Gasteiger partial charge in [0, 0.05) is 4.70 Å². The summed E-state index contributed by atoms with van der Waals surface area (Å²) in [7, 11) is 0. The topological polar surface area (TPSA) is 66.4 Å². The first-order valence-electron chi connectivity index (χ1n) is 5.86. The largest absolute Gasteiger partial charge is 0.477 e. The minimum absolute atomic E-state index is 0.156. The Labute approximate surface area is 126 Å². The van der Waals surface area contributed by atoms with E-state index in [0.29, 0.717) is 14.6 Å². The lowest BCUT2D eigenvalue weighted by molar-refractivity contribution is 0.0702. The summed E-state index contributed by atoms with van der Waals surface area (Å²) in [6, 6.07) is 8.99. The van der Waals surface area contributed by atoms with Gasteiger partial charge in [-0.3, -0.25) is 4.79 Å². The van der Waals surface area contributed by atoms with Crippen LogP contribution in [-0.2, 0) is 0 Å².